The van der Waals surface area contributed by atoms with Gasteiger partial charge in [0.05, 0.1) is 16.2 Å². The van der Waals surface area contributed by atoms with Crippen molar-refractivity contribution in [2.75, 3.05) is 6.61 Å². The van der Waals surface area contributed by atoms with Crippen LogP contribution in [0.15, 0.2) is 0 Å². The van der Waals surface area contributed by atoms with Crippen molar-refractivity contribution in [3.8, 4) is 0 Å². The van der Waals surface area contributed by atoms with Crippen LogP contribution in [0.4, 0.5) is 0 Å². The fraction of sp³-hybridized carbons (Fsp3) is 0.875. The Hall–Kier alpha value is -0.520. The lowest BCUT2D eigenvalue weighted by Gasteiger charge is -2.44. The minimum absolute atomic E-state index is 0.0919. The van der Waals surface area contributed by atoms with Gasteiger partial charge in [0.15, 0.2) is 0 Å². The number of ether oxygens (including phenoxy) is 1. The topological polar surface area (TPSA) is 61.0 Å². The van der Waals surface area contributed by atoms with Crippen LogP contribution in [0.25, 0.3) is 0 Å². The third kappa shape index (κ3) is 3.30. The van der Waals surface area contributed by atoms with E-state index < -0.39 is 0 Å². The van der Waals surface area contributed by atoms with Gasteiger partial charge in [0.2, 0.25) is 0 Å². The summed E-state index contributed by atoms with van der Waals surface area (Å²) in [4.78, 5) is 1.22. The van der Waals surface area contributed by atoms with Crippen molar-refractivity contribution in [3.63, 3.8) is 0 Å². The second-order valence-corrected chi connectivity index (χ2v) is 7.49. The zero-order valence-corrected chi connectivity index (χ0v) is 13.8. The van der Waals surface area contributed by atoms with Gasteiger partial charge in [-0.1, -0.05) is 37.1 Å². The molecule has 0 radical (unpaired) electrons. The summed E-state index contributed by atoms with van der Waals surface area (Å²) in [7, 11) is 0. The monoisotopic (exact) mass is 309 g/mol. The number of aryl methyl sites for hydroxylation is 1. The molecule has 4 nitrogen and oxygen atoms in total. The standard InChI is InChI=1S/C16H27N3OS/c1-2-6-13-15(21-19-18-13)14(17)12-7-10-20-16(11-12)8-4-3-5-9-16/h12,14H,2-11,17H2,1H3. The second kappa shape index (κ2) is 6.71. The molecule has 0 aromatic carbocycles. The zero-order valence-electron chi connectivity index (χ0n) is 13.0. The van der Waals surface area contributed by atoms with E-state index in [1.807, 2.05) is 0 Å². The quantitative estimate of drug-likeness (QED) is 0.922. The molecule has 1 aliphatic carbocycles. The van der Waals surface area contributed by atoms with Crippen LogP contribution in [0.5, 0.6) is 0 Å². The molecule has 1 spiro atoms. The van der Waals surface area contributed by atoms with Crippen molar-refractivity contribution in [2.45, 2.75) is 76.4 Å². The second-order valence-electron chi connectivity index (χ2n) is 6.70. The Morgan fingerprint density at radius 1 is 1.38 bits per heavy atom. The Bertz CT molecular complexity index is 451. The maximum Gasteiger partial charge on any atom is 0.0803 e. The molecule has 1 saturated carbocycles. The molecule has 0 amide bonds. The molecule has 118 valence electrons. The average molecular weight is 309 g/mol. The first-order chi connectivity index (χ1) is 10.2. The van der Waals surface area contributed by atoms with Crippen LogP contribution in [0.1, 0.15) is 74.9 Å². The summed E-state index contributed by atoms with van der Waals surface area (Å²) in [6.45, 7) is 3.05. The van der Waals surface area contributed by atoms with E-state index in [1.54, 1.807) is 0 Å². The highest BCUT2D eigenvalue weighted by Gasteiger charge is 2.41. The van der Waals surface area contributed by atoms with Gasteiger partial charge in [-0.2, -0.15) is 0 Å². The molecular weight excluding hydrogens is 282 g/mol. The molecule has 2 heterocycles. The highest BCUT2D eigenvalue weighted by atomic mass is 32.1. The lowest BCUT2D eigenvalue weighted by atomic mass is 9.74. The summed E-state index contributed by atoms with van der Waals surface area (Å²) in [5.41, 5.74) is 7.86. The predicted molar refractivity (Wildman–Crippen MR) is 85.3 cm³/mol. The number of hydrogen-bond acceptors (Lipinski definition) is 5. The molecule has 1 aliphatic heterocycles. The van der Waals surface area contributed by atoms with Crippen LogP contribution in [0.2, 0.25) is 0 Å². The van der Waals surface area contributed by atoms with Gasteiger partial charge in [0.25, 0.3) is 0 Å². The largest absolute Gasteiger partial charge is 0.375 e. The maximum absolute atomic E-state index is 6.61. The van der Waals surface area contributed by atoms with E-state index >= 15 is 0 Å². The van der Waals surface area contributed by atoms with Crippen LogP contribution < -0.4 is 5.73 Å². The number of aromatic nitrogens is 2. The molecule has 5 heteroatoms. The molecule has 21 heavy (non-hydrogen) atoms. The molecule has 2 fully saturated rings. The molecule has 1 saturated heterocycles. The SMILES string of the molecule is CCCc1nnsc1C(N)C1CCOC2(CCCCC2)C1. The van der Waals surface area contributed by atoms with E-state index in [9.17, 15) is 0 Å². The van der Waals surface area contributed by atoms with E-state index in [4.69, 9.17) is 10.5 Å². The van der Waals surface area contributed by atoms with Crippen molar-refractivity contribution < 1.29 is 4.74 Å². The number of hydrogen-bond donors (Lipinski definition) is 1. The molecule has 1 aromatic heterocycles. The van der Waals surface area contributed by atoms with E-state index in [0.29, 0.717) is 5.92 Å². The molecular formula is C16H27N3OS. The highest BCUT2D eigenvalue weighted by Crippen LogP contribution is 2.44. The fourth-order valence-electron chi connectivity index (χ4n) is 4.01. The van der Waals surface area contributed by atoms with Gasteiger partial charge in [0, 0.05) is 12.6 Å². The minimum Gasteiger partial charge on any atom is -0.375 e. The first-order valence-electron chi connectivity index (χ1n) is 8.45. The normalized spacial score (nSPS) is 26.9. The van der Waals surface area contributed by atoms with Crippen molar-refractivity contribution in [3.05, 3.63) is 10.6 Å². The van der Waals surface area contributed by atoms with Gasteiger partial charge in [-0.3, -0.25) is 0 Å². The van der Waals surface area contributed by atoms with Crippen LogP contribution in [-0.4, -0.2) is 21.8 Å². The van der Waals surface area contributed by atoms with Crippen molar-refractivity contribution in [2.24, 2.45) is 11.7 Å². The Labute approximate surface area is 131 Å². The van der Waals surface area contributed by atoms with Gasteiger partial charge < -0.3 is 10.5 Å². The number of rotatable bonds is 4. The third-order valence-corrected chi connectivity index (χ3v) is 6.05. The Morgan fingerprint density at radius 2 is 2.19 bits per heavy atom. The van der Waals surface area contributed by atoms with Gasteiger partial charge >= 0.3 is 0 Å². The average Bonchev–Trinajstić information content (AvgIpc) is 2.96. The summed E-state index contributed by atoms with van der Waals surface area (Å²) >= 11 is 1.50. The van der Waals surface area contributed by atoms with E-state index in [1.165, 1.54) is 48.5 Å². The van der Waals surface area contributed by atoms with E-state index in [-0.39, 0.29) is 11.6 Å². The van der Waals surface area contributed by atoms with E-state index in [2.05, 4.69) is 16.5 Å². The van der Waals surface area contributed by atoms with Crippen LogP contribution in [-0.2, 0) is 11.2 Å². The maximum atomic E-state index is 6.61. The summed E-state index contributed by atoms with van der Waals surface area (Å²) in [5, 5.41) is 4.28. The Kier molecular flexibility index (Phi) is 4.92. The van der Waals surface area contributed by atoms with Gasteiger partial charge in [-0.15, -0.1) is 5.10 Å². The fourth-order valence-corrected chi connectivity index (χ4v) is 4.80. The molecule has 1 aromatic rings. The van der Waals surface area contributed by atoms with Crippen LogP contribution in [0.3, 0.4) is 0 Å². The van der Waals surface area contributed by atoms with Gasteiger partial charge in [-0.05, 0) is 49.6 Å². The number of nitrogens with zero attached hydrogens (tertiary/aromatic N) is 2. The Morgan fingerprint density at radius 3 is 2.95 bits per heavy atom. The summed E-state index contributed by atoms with van der Waals surface area (Å²) in [6, 6.07) is 0.0919. The summed E-state index contributed by atoms with van der Waals surface area (Å²) < 4.78 is 10.3. The lowest BCUT2D eigenvalue weighted by molar-refractivity contribution is -0.120. The van der Waals surface area contributed by atoms with Crippen molar-refractivity contribution in [1.29, 1.82) is 0 Å². The van der Waals surface area contributed by atoms with Crippen LogP contribution in [0, 0.1) is 5.92 Å². The predicted octanol–water partition coefficient (Wildman–Crippen LogP) is 3.62. The zero-order chi connectivity index (χ0) is 14.7. The molecule has 2 atom stereocenters. The molecule has 3 rings (SSSR count). The van der Waals surface area contributed by atoms with Crippen molar-refractivity contribution >= 4 is 11.5 Å². The molecule has 2 N–H and O–H groups in total. The smallest absolute Gasteiger partial charge is 0.0803 e. The first-order valence-corrected chi connectivity index (χ1v) is 9.22. The first kappa shape index (κ1) is 15.4. The summed E-state index contributed by atoms with van der Waals surface area (Å²) in [5.74, 6) is 0.523. The minimum atomic E-state index is 0.0919. The van der Waals surface area contributed by atoms with Gasteiger partial charge in [-0.25, -0.2) is 0 Å². The lowest BCUT2D eigenvalue weighted by Crippen LogP contribution is -2.44. The third-order valence-electron chi connectivity index (χ3n) is 5.18. The summed E-state index contributed by atoms with van der Waals surface area (Å²) in [6.07, 6.45) is 10.7. The molecule has 2 aliphatic rings. The molecule has 2 unspecified atom stereocenters. The van der Waals surface area contributed by atoms with Gasteiger partial charge in [0.1, 0.15) is 0 Å². The van der Waals surface area contributed by atoms with E-state index in [0.717, 1.165) is 38.0 Å². The number of nitrogens with two attached hydrogens (primary N) is 1. The highest BCUT2D eigenvalue weighted by molar-refractivity contribution is 7.05. The molecule has 0 bridgehead atoms. The Balaban J connectivity index is 1.71. The van der Waals surface area contributed by atoms with Crippen molar-refractivity contribution in [1.82, 2.24) is 9.59 Å². The van der Waals surface area contributed by atoms with Crippen LogP contribution >= 0.6 is 11.5 Å².